The molecule has 0 spiro atoms. The number of carbonyl (C=O) groups excluding carboxylic acids is 1. The molecule has 0 saturated carbocycles. The average molecular weight is 224 g/mol. The number of rotatable bonds is 2. The molecule has 1 aromatic carbocycles. The van der Waals surface area contributed by atoms with Crippen LogP contribution in [0.3, 0.4) is 0 Å². The van der Waals surface area contributed by atoms with Crippen LogP contribution in [-0.2, 0) is 11.3 Å². The summed E-state index contributed by atoms with van der Waals surface area (Å²) in [4.78, 5) is 11.7. The minimum absolute atomic E-state index is 0.0296. The zero-order valence-corrected chi connectivity index (χ0v) is 9.65. The maximum atomic E-state index is 11.7. The second-order valence-corrected chi connectivity index (χ2v) is 4.50. The Morgan fingerprint density at radius 3 is 2.50 bits per heavy atom. The maximum absolute atomic E-state index is 11.7. The largest absolute Gasteiger partial charge is 0.508 e. The number of phenols is 1. The van der Waals surface area contributed by atoms with Gasteiger partial charge in [-0.3, -0.25) is 0 Å². The highest BCUT2D eigenvalue weighted by molar-refractivity contribution is 5.91. The first kappa shape index (κ1) is 12.5. The van der Waals surface area contributed by atoms with Gasteiger partial charge in [-0.1, -0.05) is 6.07 Å². The van der Waals surface area contributed by atoms with E-state index in [0.717, 1.165) is 0 Å². The highest BCUT2D eigenvalue weighted by Crippen LogP contribution is 2.20. The van der Waals surface area contributed by atoms with Crippen molar-refractivity contribution in [1.82, 2.24) is 0 Å². The number of hydrogen-bond donors (Lipinski definition) is 2. The summed E-state index contributed by atoms with van der Waals surface area (Å²) in [5.41, 5.74) is 0.0272. The Balaban J connectivity index is 3.02. The molecule has 0 saturated heterocycles. The fraction of sp³-hybridized carbons (Fsp3) is 0.417. The predicted octanol–water partition coefficient (Wildman–Crippen LogP) is 1.84. The molecule has 0 aliphatic heterocycles. The standard InChI is InChI=1S/C12H16O4/c1-12(2,3)16-11(15)10-6-9(14)5-4-8(10)7-13/h4-6,13-14H,7H2,1-3H3. The Kier molecular flexibility index (Phi) is 3.55. The van der Waals surface area contributed by atoms with Crippen molar-refractivity contribution in [3.63, 3.8) is 0 Å². The Bertz CT molecular complexity index is 390. The molecular formula is C12H16O4. The average Bonchev–Trinajstić information content (AvgIpc) is 2.15. The van der Waals surface area contributed by atoms with Crippen LogP contribution in [-0.4, -0.2) is 21.8 Å². The number of ether oxygens (including phenoxy) is 1. The molecular weight excluding hydrogens is 208 g/mol. The minimum atomic E-state index is -0.602. The summed E-state index contributed by atoms with van der Waals surface area (Å²) < 4.78 is 5.16. The van der Waals surface area contributed by atoms with Crippen molar-refractivity contribution < 1.29 is 19.7 Å². The molecule has 16 heavy (non-hydrogen) atoms. The number of esters is 1. The van der Waals surface area contributed by atoms with Crippen molar-refractivity contribution in [1.29, 1.82) is 0 Å². The van der Waals surface area contributed by atoms with E-state index in [9.17, 15) is 9.90 Å². The topological polar surface area (TPSA) is 66.8 Å². The van der Waals surface area contributed by atoms with Gasteiger partial charge in [-0.05, 0) is 38.5 Å². The van der Waals surface area contributed by atoms with Gasteiger partial charge >= 0.3 is 5.97 Å². The van der Waals surface area contributed by atoms with Crippen LogP contribution in [0.25, 0.3) is 0 Å². The summed E-state index contributed by atoms with van der Waals surface area (Å²) in [5, 5.41) is 18.4. The Morgan fingerprint density at radius 1 is 1.38 bits per heavy atom. The Morgan fingerprint density at radius 2 is 2.00 bits per heavy atom. The number of hydrogen-bond acceptors (Lipinski definition) is 4. The molecule has 4 nitrogen and oxygen atoms in total. The van der Waals surface area contributed by atoms with Crippen molar-refractivity contribution >= 4 is 5.97 Å². The molecule has 0 bridgehead atoms. The molecule has 1 rings (SSSR count). The second kappa shape index (κ2) is 4.53. The third-order valence-corrected chi connectivity index (χ3v) is 1.88. The van der Waals surface area contributed by atoms with E-state index >= 15 is 0 Å². The van der Waals surface area contributed by atoms with E-state index in [-0.39, 0.29) is 17.9 Å². The molecule has 0 unspecified atom stereocenters. The Labute approximate surface area is 94.5 Å². The molecule has 0 aromatic heterocycles. The van der Waals surface area contributed by atoms with Crippen LogP contribution in [0.5, 0.6) is 5.75 Å². The van der Waals surface area contributed by atoms with Crippen LogP contribution in [0.4, 0.5) is 0 Å². The van der Waals surface area contributed by atoms with Crippen molar-refractivity contribution in [2.45, 2.75) is 33.0 Å². The zero-order valence-electron chi connectivity index (χ0n) is 9.65. The number of benzene rings is 1. The normalized spacial score (nSPS) is 11.2. The van der Waals surface area contributed by atoms with Crippen LogP contribution >= 0.6 is 0 Å². The van der Waals surface area contributed by atoms with E-state index in [1.165, 1.54) is 18.2 Å². The highest BCUT2D eigenvalue weighted by atomic mass is 16.6. The van der Waals surface area contributed by atoms with Gasteiger partial charge in [0, 0.05) is 0 Å². The van der Waals surface area contributed by atoms with Crippen LogP contribution < -0.4 is 0 Å². The lowest BCUT2D eigenvalue weighted by Gasteiger charge is -2.20. The van der Waals surface area contributed by atoms with E-state index < -0.39 is 11.6 Å². The molecule has 0 fully saturated rings. The number of aliphatic hydroxyl groups is 1. The van der Waals surface area contributed by atoms with Gasteiger partial charge in [0.05, 0.1) is 12.2 Å². The van der Waals surface area contributed by atoms with E-state index in [4.69, 9.17) is 9.84 Å². The van der Waals surface area contributed by atoms with Gasteiger partial charge in [0.25, 0.3) is 0 Å². The van der Waals surface area contributed by atoms with Gasteiger partial charge in [-0.15, -0.1) is 0 Å². The van der Waals surface area contributed by atoms with Gasteiger partial charge in [0.1, 0.15) is 11.4 Å². The second-order valence-electron chi connectivity index (χ2n) is 4.50. The van der Waals surface area contributed by atoms with Gasteiger partial charge in [0.15, 0.2) is 0 Å². The quantitative estimate of drug-likeness (QED) is 0.752. The highest BCUT2D eigenvalue weighted by Gasteiger charge is 2.20. The first-order chi connectivity index (χ1) is 7.33. The summed E-state index contributed by atoms with van der Waals surface area (Å²) in [7, 11) is 0. The number of aromatic hydroxyl groups is 1. The lowest BCUT2D eigenvalue weighted by atomic mass is 10.1. The van der Waals surface area contributed by atoms with Gasteiger partial charge in [0.2, 0.25) is 0 Å². The van der Waals surface area contributed by atoms with Crippen molar-refractivity contribution in [3.05, 3.63) is 29.3 Å². The molecule has 0 atom stereocenters. The lowest BCUT2D eigenvalue weighted by molar-refractivity contribution is 0.00661. The van der Waals surface area contributed by atoms with Crippen molar-refractivity contribution in [2.75, 3.05) is 0 Å². The fourth-order valence-corrected chi connectivity index (χ4v) is 1.23. The van der Waals surface area contributed by atoms with Crippen LogP contribution in [0.1, 0.15) is 36.7 Å². The monoisotopic (exact) mass is 224 g/mol. The van der Waals surface area contributed by atoms with E-state index in [0.29, 0.717) is 5.56 Å². The maximum Gasteiger partial charge on any atom is 0.339 e. The SMILES string of the molecule is CC(C)(C)OC(=O)c1cc(O)ccc1CO. The Hall–Kier alpha value is -1.55. The lowest BCUT2D eigenvalue weighted by Crippen LogP contribution is -2.24. The molecule has 0 radical (unpaired) electrons. The molecule has 0 amide bonds. The van der Waals surface area contributed by atoms with Crippen molar-refractivity contribution in [2.24, 2.45) is 0 Å². The number of aliphatic hydroxyl groups excluding tert-OH is 1. The van der Waals surface area contributed by atoms with Gasteiger partial charge < -0.3 is 14.9 Å². The summed E-state index contributed by atoms with van der Waals surface area (Å²) >= 11 is 0. The summed E-state index contributed by atoms with van der Waals surface area (Å²) in [6, 6.07) is 4.20. The van der Waals surface area contributed by atoms with Gasteiger partial charge in [-0.2, -0.15) is 0 Å². The molecule has 4 heteroatoms. The molecule has 88 valence electrons. The van der Waals surface area contributed by atoms with E-state index in [2.05, 4.69) is 0 Å². The molecule has 0 heterocycles. The van der Waals surface area contributed by atoms with Crippen LogP contribution in [0.15, 0.2) is 18.2 Å². The molecule has 0 aliphatic carbocycles. The van der Waals surface area contributed by atoms with Crippen LogP contribution in [0.2, 0.25) is 0 Å². The third kappa shape index (κ3) is 3.24. The summed E-state index contributed by atoms with van der Waals surface area (Å²) in [5.74, 6) is -0.578. The van der Waals surface area contributed by atoms with Crippen LogP contribution in [0, 0.1) is 0 Å². The summed E-state index contributed by atoms with van der Waals surface area (Å²) in [6.45, 7) is 5.00. The molecule has 2 N–H and O–H groups in total. The third-order valence-electron chi connectivity index (χ3n) is 1.88. The number of phenolic OH excluding ortho intramolecular Hbond substituents is 1. The molecule has 0 aliphatic rings. The van der Waals surface area contributed by atoms with E-state index in [1.54, 1.807) is 20.8 Å². The zero-order chi connectivity index (χ0) is 12.3. The summed E-state index contributed by atoms with van der Waals surface area (Å²) in [6.07, 6.45) is 0. The van der Waals surface area contributed by atoms with E-state index in [1.807, 2.05) is 0 Å². The molecule has 1 aromatic rings. The predicted molar refractivity (Wildman–Crippen MR) is 59.2 cm³/mol. The minimum Gasteiger partial charge on any atom is -0.508 e. The first-order valence-electron chi connectivity index (χ1n) is 4.99. The van der Waals surface area contributed by atoms with Crippen molar-refractivity contribution in [3.8, 4) is 5.75 Å². The fourth-order valence-electron chi connectivity index (χ4n) is 1.23. The number of carbonyl (C=O) groups is 1. The first-order valence-corrected chi connectivity index (χ1v) is 4.99. The smallest absolute Gasteiger partial charge is 0.339 e. The van der Waals surface area contributed by atoms with Gasteiger partial charge in [-0.25, -0.2) is 4.79 Å².